The summed E-state index contributed by atoms with van der Waals surface area (Å²) >= 11 is 5.85. The summed E-state index contributed by atoms with van der Waals surface area (Å²) < 4.78 is 25.6. The van der Waals surface area contributed by atoms with Crippen LogP contribution in [0.15, 0.2) is 48.5 Å². The van der Waals surface area contributed by atoms with Gasteiger partial charge in [-0.3, -0.25) is 9.10 Å². The Labute approximate surface area is 160 Å². The first-order valence-corrected chi connectivity index (χ1v) is 10.5. The van der Waals surface area contributed by atoms with Crippen LogP contribution in [0.4, 0.5) is 5.69 Å². The van der Waals surface area contributed by atoms with E-state index in [1.807, 2.05) is 31.2 Å². The third-order valence-corrected chi connectivity index (χ3v) is 5.50. The van der Waals surface area contributed by atoms with Crippen LogP contribution in [-0.2, 0) is 21.2 Å². The van der Waals surface area contributed by atoms with Crippen molar-refractivity contribution in [3.8, 4) is 0 Å². The molecule has 0 fully saturated rings. The first kappa shape index (κ1) is 20.3. The molecule has 2 rings (SSSR count). The Kier molecular flexibility index (Phi) is 6.67. The van der Waals surface area contributed by atoms with Crippen LogP contribution in [0.25, 0.3) is 0 Å². The molecule has 0 unspecified atom stereocenters. The van der Waals surface area contributed by atoms with Gasteiger partial charge in [0.25, 0.3) is 0 Å². The van der Waals surface area contributed by atoms with Crippen molar-refractivity contribution in [3.05, 3.63) is 64.7 Å². The van der Waals surface area contributed by atoms with Gasteiger partial charge in [-0.2, -0.15) is 0 Å². The lowest BCUT2D eigenvalue weighted by molar-refractivity contribution is -0.121. The zero-order valence-corrected chi connectivity index (χ0v) is 16.6. The van der Waals surface area contributed by atoms with Crippen molar-refractivity contribution < 1.29 is 13.2 Å². The maximum absolute atomic E-state index is 12.5. The Hall–Kier alpha value is -2.05. The second kappa shape index (κ2) is 8.56. The molecular weight excluding hydrogens is 372 g/mol. The van der Waals surface area contributed by atoms with Gasteiger partial charge >= 0.3 is 0 Å². The first-order valence-electron chi connectivity index (χ1n) is 8.26. The zero-order valence-electron chi connectivity index (χ0n) is 15.1. The van der Waals surface area contributed by atoms with Gasteiger partial charge in [0.2, 0.25) is 15.9 Å². The Morgan fingerprint density at radius 2 is 1.69 bits per heavy atom. The van der Waals surface area contributed by atoms with Crippen LogP contribution in [0.1, 0.15) is 18.1 Å². The molecule has 26 heavy (non-hydrogen) atoms. The van der Waals surface area contributed by atoms with Gasteiger partial charge in [-0.05, 0) is 50.1 Å². The van der Waals surface area contributed by atoms with Gasteiger partial charge in [0.05, 0.1) is 11.9 Å². The van der Waals surface area contributed by atoms with Crippen LogP contribution in [-0.4, -0.2) is 33.2 Å². The highest BCUT2D eigenvalue weighted by atomic mass is 35.5. The Morgan fingerprint density at radius 3 is 2.23 bits per heavy atom. The summed E-state index contributed by atoms with van der Waals surface area (Å²) in [5.74, 6) is -0.343. The number of sulfonamides is 1. The average molecular weight is 395 g/mol. The third-order valence-electron chi connectivity index (χ3n) is 4.00. The topological polar surface area (TPSA) is 66.5 Å². The summed E-state index contributed by atoms with van der Waals surface area (Å²) in [6, 6.07) is 13.6. The Balaban J connectivity index is 2.05. The Bertz CT molecular complexity index is 849. The lowest BCUT2D eigenvalue weighted by Gasteiger charge is -2.28. The van der Waals surface area contributed by atoms with E-state index in [1.54, 1.807) is 31.2 Å². The molecule has 1 atom stereocenters. The van der Waals surface area contributed by atoms with Crippen LogP contribution in [0.3, 0.4) is 0 Å². The fourth-order valence-electron chi connectivity index (χ4n) is 2.63. The number of hydrogen-bond donors (Lipinski definition) is 1. The molecule has 0 saturated heterocycles. The van der Waals surface area contributed by atoms with E-state index in [1.165, 1.54) is 0 Å². The van der Waals surface area contributed by atoms with E-state index in [4.69, 9.17) is 11.6 Å². The van der Waals surface area contributed by atoms with E-state index in [-0.39, 0.29) is 5.91 Å². The number of rotatable bonds is 7. The molecule has 0 spiro atoms. The molecular formula is C19H23ClN2O3S. The molecule has 0 radical (unpaired) electrons. The molecule has 0 aromatic heterocycles. The number of halogens is 1. The van der Waals surface area contributed by atoms with Gasteiger partial charge < -0.3 is 5.32 Å². The van der Waals surface area contributed by atoms with Crippen molar-refractivity contribution in [3.63, 3.8) is 0 Å². The number of anilines is 1. The quantitative estimate of drug-likeness (QED) is 0.784. The van der Waals surface area contributed by atoms with Gasteiger partial charge in [-0.1, -0.05) is 41.4 Å². The highest BCUT2D eigenvalue weighted by molar-refractivity contribution is 7.92. The van der Waals surface area contributed by atoms with E-state index in [0.717, 1.165) is 21.7 Å². The molecule has 140 valence electrons. The molecule has 1 N–H and O–H groups in total. The summed E-state index contributed by atoms with van der Waals surface area (Å²) in [7, 11) is -3.60. The summed E-state index contributed by atoms with van der Waals surface area (Å²) in [6.07, 6.45) is 1.74. The van der Waals surface area contributed by atoms with Crippen molar-refractivity contribution in [2.24, 2.45) is 0 Å². The summed E-state index contributed by atoms with van der Waals surface area (Å²) in [6.45, 7) is 3.91. The van der Waals surface area contributed by atoms with Crippen LogP contribution >= 0.6 is 11.6 Å². The number of amides is 1. The maximum atomic E-state index is 12.5. The number of nitrogens with zero attached hydrogens (tertiary/aromatic N) is 1. The van der Waals surface area contributed by atoms with Crippen molar-refractivity contribution in [2.75, 3.05) is 17.1 Å². The molecule has 2 aromatic carbocycles. The van der Waals surface area contributed by atoms with E-state index in [9.17, 15) is 13.2 Å². The van der Waals surface area contributed by atoms with Crippen LogP contribution in [0.5, 0.6) is 0 Å². The molecule has 5 nitrogen and oxygen atoms in total. The Morgan fingerprint density at radius 1 is 1.12 bits per heavy atom. The van der Waals surface area contributed by atoms with Gasteiger partial charge in [-0.25, -0.2) is 8.42 Å². The molecule has 0 saturated carbocycles. The van der Waals surface area contributed by atoms with E-state index in [2.05, 4.69) is 5.32 Å². The summed E-state index contributed by atoms with van der Waals surface area (Å²) in [5, 5.41) is 3.46. The summed E-state index contributed by atoms with van der Waals surface area (Å²) in [5.41, 5.74) is 2.53. The predicted molar refractivity (Wildman–Crippen MR) is 106 cm³/mol. The largest absolute Gasteiger partial charge is 0.354 e. The number of carbonyl (C=O) groups excluding carboxylic acids is 1. The monoisotopic (exact) mass is 394 g/mol. The second-order valence-electron chi connectivity index (χ2n) is 6.24. The van der Waals surface area contributed by atoms with Crippen LogP contribution in [0.2, 0.25) is 5.02 Å². The molecule has 0 aliphatic carbocycles. The van der Waals surface area contributed by atoms with Crippen molar-refractivity contribution in [1.29, 1.82) is 0 Å². The molecule has 0 bridgehead atoms. The number of aryl methyl sites for hydroxylation is 1. The number of carbonyl (C=O) groups is 1. The number of benzene rings is 2. The molecule has 1 amide bonds. The maximum Gasteiger partial charge on any atom is 0.243 e. The molecule has 7 heteroatoms. The minimum absolute atomic E-state index is 0.343. The normalized spacial score (nSPS) is 12.5. The second-order valence-corrected chi connectivity index (χ2v) is 8.53. The van der Waals surface area contributed by atoms with Gasteiger partial charge in [-0.15, -0.1) is 0 Å². The first-order chi connectivity index (χ1) is 12.2. The average Bonchev–Trinajstić information content (AvgIpc) is 2.57. The van der Waals surface area contributed by atoms with Gasteiger partial charge in [0, 0.05) is 11.6 Å². The molecule has 2 aromatic rings. The van der Waals surface area contributed by atoms with Crippen LogP contribution < -0.4 is 9.62 Å². The molecule has 0 heterocycles. The predicted octanol–water partition coefficient (Wildman–Crippen LogP) is 3.16. The fourth-order valence-corrected chi connectivity index (χ4v) is 3.93. The number of nitrogens with one attached hydrogen (secondary N) is 1. The van der Waals surface area contributed by atoms with Gasteiger partial charge in [0.15, 0.2) is 0 Å². The minimum atomic E-state index is -3.60. The van der Waals surface area contributed by atoms with Crippen LogP contribution in [0, 0.1) is 6.92 Å². The van der Waals surface area contributed by atoms with Crippen molar-refractivity contribution in [2.45, 2.75) is 26.3 Å². The molecule has 0 aliphatic rings. The fraction of sp³-hybridized carbons (Fsp3) is 0.316. The lowest BCUT2D eigenvalue weighted by atomic mass is 10.1. The van der Waals surface area contributed by atoms with E-state index < -0.39 is 16.1 Å². The highest BCUT2D eigenvalue weighted by Crippen LogP contribution is 2.21. The minimum Gasteiger partial charge on any atom is -0.354 e. The van der Waals surface area contributed by atoms with E-state index >= 15 is 0 Å². The molecule has 0 aliphatic heterocycles. The number of hydrogen-bond acceptors (Lipinski definition) is 3. The smallest absolute Gasteiger partial charge is 0.243 e. The van der Waals surface area contributed by atoms with Gasteiger partial charge in [0.1, 0.15) is 6.04 Å². The van der Waals surface area contributed by atoms with Crippen molar-refractivity contribution in [1.82, 2.24) is 5.32 Å². The third kappa shape index (κ3) is 5.47. The zero-order chi connectivity index (χ0) is 19.3. The summed E-state index contributed by atoms with van der Waals surface area (Å²) in [4.78, 5) is 12.5. The lowest BCUT2D eigenvalue weighted by Crippen LogP contribution is -2.48. The van der Waals surface area contributed by atoms with E-state index in [0.29, 0.717) is 23.7 Å². The highest BCUT2D eigenvalue weighted by Gasteiger charge is 2.28. The van der Waals surface area contributed by atoms with Crippen molar-refractivity contribution >= 4 is 33.2 Å². The SMILES string of the molecule is Cc1ccc(N([C@H](C)C(=O)NCCc2ccc(Cl)cc2)S(C)(=O)=O)cc1. The standard InChI is InChI=1S/C19H23ClN2O3S/c1-14-4-10-18(11-5-14)22(26(3,24)25)15(2)19(23)21-13-12-16-6-8-17(20)9-7-16/h4-11,15H,12-13H2,1-3H3,(H,21,23)/t15-/m1/s1.